The first-order valence-corrected chi connectivity index (χ1v) is 16.3. The molecule has 0 radical (unpaired) electrons. The summed E-state index contributed by atoms with van der Waals surface area (Å²) in [6, 6.07) is 15.4. The third-order valence-electron chi connectivity index (χ3n) is 9.48. The highest BCUT2D eigenvalue weighted by molar-refractivity contribution is 6.17. The second kappa shape index (κ2) is 15.2. The Morgan fingerprint density at radius 3 is 2.38 bits per heavy atom. The normalized spacial score (nSPS) is 19.8. The van der Waals surface area contributed by atoms with Gasteiger partial charge < -0.3 is 32.1 Å². The molecule has 3 heterocycles. The van der Waals surface area contributed by atoms with Crippen LogP contribution in [0.1, 0.15) is 53.8 Å². The molecule has 2 atom stereocenters. The smallest absolute Gasteiger partial charge is 0.323 e. The number of benzene rings is 2. The van der Waals surface area contributed by atoms with Gasteiger partial charge in [-0.1, -0.05) is 30.3 Å². The van der Waals surface area contributed by atoms with Gasteiger partial charge >= 0.3 is 5.69 Å². The lowest BCUT2D eigenvalue weighted by atomic mass is 9.81. The Labute approximate surface area is 284 Å². The first-order chi connectivity index (χ1) is 22.7. The zero-order valence-corrected chi connectivity index (χ0v) is 27.8. The van der Waals surface area contributed by atoms with Crippen LogP contribution in [0.2, 0.25) is 0 Å². The lowest BCUT2D eigenvalue weighted by molar-refractivity contribution is -0.130. The highest BCUT2D eigenvalue weighted by Crippen LogP contribution is 2.32. The average molecular weight is 675 g/mol. The molecule has 2 aromatic carbocycles. The maximum Gasteiger partial charge on any atom is 0.323 e. The Balaban J connectivity index is 0.00000451. The van der Waals surface area contributed by atoms with E-state index in [9.17, 15) is 19.2 Å². The maximum atomic E-state index is 14.0. The fourth-order valence-electron chi connectivity index (χ4n) is 6.71. The quantitative estimate of drug-likeness (QED) is 0.156. The summed E-state index contributed by atoms with van der Waals surface area (Å²) in [7, 11) is 0. The van der Waals surface area contributed by atoms with Gasteiger partial charge in [-0.2, -0.15) is 0 Å². The molecule has 6 rings (SSSR count). The molecule has 254 valence electrons. The fraction of sp³-hybridized carbons (Fsp3) is 0.400. The number of halogens is 1. The number of imide groups is 1. The lowest BCUT2D eigenvalue weighted by Crippen LogP contribution is -2.50. The molecule has 2 aliphatic rings. The number of fused-ring (bicyclic) bond motifs is 1. The number of amides is 3. The number of pyridine rings is 1. The predicted octanol–water partition coefficient (Wildman–Crippen LogP) is 2.93. The molecule has 2 aromatic heterocycles. The molecular formula is C35H43ClN8O4. The van der Waals surface area contributed by atoms with Gasteiger partial charge in [-0.05, 0) is 99.8 Å². The van der Waals surface area contributed by atoms with Gasteiger partial charge in [0.1, 0.15) is 5.69 Å². The van der Waals surface area contributed by atoms with Crippen molar-refractivity contribution in [2.75, 3.05) is 24.5 Å². The number of aryl methyl sites for hydroxylation is 1. The van der Waals surface area contributed by atoms with Crippen molar-refractivity contribution < 1.29 is 14.4 Å². The van der Waals surface area contributed by atoms with Gasteiger partial charge in [0.05, 0.1) is 22.8 Å². The van der Waals surface area contributed by atoms with Crippen LogP contribution in [0.3, 0.4) is 0 Å². The Morgan fingerprint density at radius 2 is 1.71 bits per heavy atom. The number of hydrogen-bond donors (Lipinski definition) is 6. The highest BCUT2D eigenvalue weighted by Gasteiger charge is 2.35. The predicted molar refractivity (Wildman–Crippen MR) is 188 cm³/mol. The molecule has 3 amide bonds. The van der Waals surface area contributed by atoms with Gasteiger partial charge in [0, 0.05) is 29.8 Å². The lowest BCUT2D eigenvalue weighted by Gasteiger charge is -2.32. The van der Waals surface area contributed by atoms with Crippen molar-refractivity contribution >= 4 is 46.8 Å². The van der Waals surface area contributed by atoms with E-state index in [1.165, 1.54) is 4.90 Å². The molecule has 2 fully saturated rings. The number of nitrogens with two attached hydrogens (primary N) is 2. The van der Waals surface area contributed by atoms with Crippen molar-refractivity contribution in [2.24, 2.45) is 23.3 Å². The van der Waals surface area contributed by atoms with Crippen molar-refractivity contribution in [1.29, 1.82) is 0 Å². The van der Waals surface area contributed by atoms with E-state index in [1.807, 2.05) is 37.3 Å². The van der Waals surface area contributed by atoms with E-state index < -0.39 is 11.9 Å². The molecule has 13 heteroatoms. The van der Waals surface area contributed by atoms with Crippen LogP contribution >= 0.6 is 12.4 Å². The summed E-state index contributed by atoms with van der Waals surface area (Å²) >= 11 is 0. The molecule has 1 aliphatic carbocycles. The van der Waals surface area contributed by atoms with Crippen LogP contribution in [0.15, 0.2) is 59.4 Å². The largest absolute Gasteiger partial charge is 0.347 e. The van der Waals surface area contributed by atoms with Crippen molar-refractivity contribution in [2.45, 2.75) is 57.5 Å². The van der Waals surface area contributed by atoms with Gasteiger partial charge in [0.25, 0.3) is 11.8 Å². The highest BCUT2D eigenvalue weighted by atomic mass is 35.5. The van der Waals surface area contributed by atoms with Crippen LogP contribution in [0.4, 0.5) is 5.69 Å². The minimum Gasteiger partial charge on any atom is -0.347 e. The van der Waals surface area contributed by atoms with Crippen LogP contribution in [0.25, 0.3) is 22.2 Å². The summed E-state index contributed by atoms with van der Waals surface area (Å²) in [6.45, 7) is 4.12. The number of H-pyrrole nitrogens is 2. The van der Waals surface area contributed by atoms with E-state index in [0.29, 0.717) is 47.7 Å². The number of anilines is 1. The fourth-order valence-corrected chi connectivity index (χ4v) is 6.71. The summed E-state index contributed by atoms with van der Waals surface area (Å²) in [5.41, 5.74) is 17.2. The Hall–Kier alpha value is -4.36. The summed E-state index contributed by atoms with van der Waals surface area (Å²) in [5, 5.41) is 6.27. The number of carbonyl (C=O) groups is 3. The van der Waals surface area contributed by atoms with Crippen molar-refractivity contribution in [3.05, 3.63) is 82.0 Å². The van der Waals surface area contributed by atoms with Gasteiger partial charge in [-0.15, -0.1) is 12.4 Å². The number of aromatic amines is 2. The number of nitrogens with zero attached hydrogens (tertiary/aromatic N) is 2. The van der Waals surface area contributed by atoms with Crippen molar-refractivity contribution in [3.8, 4) is 11.1 Å². The van der Waals surface area contributed by atoms with Crippen LogP contribution < -0.4 is 32.7 Å². The van der Waals surface area contributed by atoms with Gasteiger partial charge in [-0.3, -0.25) is 14.4 Å². The standard InChI is InChI=1S/C35H42N8O4.ClH/c1-20-27(11-13-30(39-20)32(44)40-25-14-15-38-19-25)23-6-2-21(3-7-23)16-28(37)34(46)43(33(45)24-8-4-22(18-36)5-9-24)26-10-12-29-31(17-26)42-35(47)41-29;/h2-3,6-7,10-13,17,22,24-25,28,38H,4-5,8-9,14-16,18-19,36-37H2,1H3,(H,40,44)(H2,41,42,47);1H/t22-,24-,25-,28-;/m0./s1. The number of imidazole rings is 1. The van der Waals surface area contributed by atoms with Crippen LogP contribution in [-0.2, 0) is 16.0 Å². The third kappa shape index (κ3) is 7.68. The topological polar surface area (TPSA) is 192 Å². The first-order valence-electron chi connectivity index (χ1n) is 16.3. The van der Waals surface area contributed by atoms with E-state index in [1.54, 1.807) is 24.3 Å². The number of nitrogens with one attached hydrogen (secondary N) is 4. The number of aromatic nitrogens is 3. The summed E-state index contributed by atoms with van der Waals surface area (Å²) in [5.74, 6) is -0.901. The number of carbonyl (C=O) groups excluding carboxylic acids is 3. The van der Waals surface area contributed by atoms with Gasteiger partial charge in [0.15, 0.2) is 0 Å². The Kier molecular flexibility index (Phi) is 11.1. The third-order valence-corrected chi connectivity index (χ3v) is 9.48. The molecule has 1 saturated heterocycles. The molecule has 1 aliphatic heterocycles. The van der Waals surface area contributed by atoms with Gasteiger partial charge in [0.2, 0.25) is 5.91 Å². The zero-order chi connectivity index (χ0) is 33.1. The molecule has 12 nitrogen and oxygen atoms in total. The number of hydrogen-bond acceptors (Lipinski definition) is 8. The van der Waals surface area contributed by atoms with E-state index in [-0.39, 0.29) is 48.3 Å². The monoisotopic (exact) mass is 674 g/mol. The van der Waals surface area contributed by atoms with E-state index in [0.717, 1.165) is 54.7 Å². The molecule has 0 bridgehead atoms. The molecule has 0 unspecified atom stereocenters. The molecule has 1 saturated carbocycles. The number of rotatable bonds is 9. The first kappa shape index (κ1) is 35.0. The van der Waals surface area contributed by atoms with Crippen molar-refractivity contribution in [1.82, 2.24) is 25.6 Å². The van der Waals surface area contributed by atoms with Gasteiger partial charge in [-0.25, -0.2) is 14.7 Å². The zero-order valence-electron chi connectivity index (χ0n) is 27.0. The Bertz CT molecular complexity index is 1820. The molecule has 48 heavy (non-hydrogen) atoms. The van der Waals surface area contributed by atoms with Crippen LogP contribution in [0, 0.1) is 18.8 Å². The SMILES string of the molecule is Cc1nc(C(=O)N[C@H]2CCNC2)ccc1-c1ccc(C[C@H](N)C(=O)N(c2ccc3[nH]c(=O)[nH]c3c2)C(=O)[C@H]2CC[C@H](CN)CC2)cc1.Cl. The van der Waals surface area contributed by atoms with Crippen LogP contribution in [-0.4, -0.2) is 64.4 Å². The second-order valence-electron chi connectivity index (χ2n) is 12.8. The minimum atomic E-state index is -0.984. The molecule has 4 aromatic rings. The Morgan fingerprint density at radius 1 is 0.979 bits per heavy atom. The van der Waals surface area contributed by atoms with Crippen molar-refractivity contribution in [3.63, 3.8) is 0 Å². The molecule has 0 spiro atoms. The molecular weight excluding hydrogens is 632 g/mol. The summed E-state index contributed by atoms with van der Waals surface area (Å²) in [6.07, 6.45) is 4.10. The van der Waals surface area contributed by atoms with Crippen LogP contribution in [0.5, 0.6) is 0 Å². The van der Waals surface area contributed by atoms with E-state index >= 15 is 0 Å². The molecule has 8 N–H and O–H groups in total. The second-order valence-corrected chi connectivity index (χ2v) is 12.8. The van der Waals surface area contributed by atoms with E-state index in [4.69, 9.17) is 11.5 Å². The minimum absolute atomic E-state index is 0. The summed E-state index contributed by atoms with van der Waals surface area (Å²) in [4.78, 5) is 63.6. The average Bonchev–Trinajstić information content (AvgIpc) is 3.73. The van der Waals surface area contributed by atoms with E-state index in [2.05, 4.69) is 25.6 Å². The maximum absolute atomic E-state index is 14.0. The summed E-state index contributed by atoms with van der Waals surface area (Å²) < 4.78 is 0.